The number of phenols is 1. The van der Waals surface area contributed by atoms with Crippen LogP contribution in [0.25, 0.3) is 0 Å². The summed E-state index contributed by atoms with van der Waals surface area (Å²) in [4.78, 5) is 17.3. The molecule has 130 valence electrons. The molecule has 1 N–H and O–H groups in total. The van der Waals surface area contributed by atoms with Crippen molar-refractivity contribution in [3.05, 3.63) is 29.3 Å². The molecule has 4 heteroatoms. The fraction of sp³-hybridized carbons (Fsp3) is 0.650. The van der Waals surface area contributed by atoms with E-state index in [0.29, 0.717) is 11.7 Å². The van der Waals surface area contributed by atoms with Gasteiger partial charge in [-0.1, -0.05) is 19.9 Å². The Bertz CT molecular complexity index is 653. The number of fused-ring (bicyclic) bond motifs is 4. The van der Waals surface area contributed by atoms with Gasteiger partial charge in [0.15, 0.2) is 0 Å². The summed E-state index contributed by atoms with van der Waals surface area (Å²) in [7, 11) is 0. The van der Waals surface area contributed by atoms with Gasteiger partial charge in [-0.15, -0.1) is 0 Å². The zero-order chi connectivity index (χ0) is 16.9. The van der Waals surface area contributed by atoms with Gasteiger partial charge in [-0.05, 0) is 66.7 Å². The molecule has 2 saturated heterocycles. The molecule has 2 amide bonds. The van der Waals surface area contributed by atoms with Gasteiger partial charge >= 0.3 is 6.03 Å². The fourth-order valence-corrected chi connectivity index (χ4v) is 5.11. The molecule has 24 heavy (non-hydrogen) atoms. The number of aromatic hydroxyl groups is 1. The number of benzene rings is 1. The normalized spacial score (nSPS) is 32.4. The van der Waals surface area contributed by atoms with E-state index in [2.05, 4.69) is 29.7 Å². The summed E-state index contributed by atoms with van der Waals surface area (Å²) >= 11 is 0. The molecular weight excluding hydrogens is 300 g/mol. The molecule has 2 aliphatic heterocycles. The first-order valence-electron chi connectivity index (χ1n) is 9.38. The highest BCUT2D eigenvalue weighted by atomic mass is 16.3. The number of nitrogens with zero attached hydrogens (tertiary/aromatic N) is 2. The van der Waals surface area contributed by atoms with E-state index in [0.717, 1.165) is 45.3 Å². The van der Waals surface area contributed by atoms with Crippen LogP contribution in [0, 0.1) is 5.92 Å². The minimum absolute atomic E-state index is 0.0513. The maximum absolute atomic E-state index is 13.1. The lowest BCUT2D eigenvalue weighted by atomic mass is 9.59. The van der Waals surface area contributed by atoms with Crippen LogP contribution in [0.4, 0.5) is 4.79 Å². The van der Waals surface area contributed by atoms with Crippen molar-refractivity contribution in [2.45, 2.75) is 57.4 Å². The van der Waals surface area contributed by atoms with Crippen molar-refractivity contribution >= 4 is 6.03 Å². The van der Waals surface area contributed by atoms with Gasteiger partial charge in [0.2, 0.25) is 0 Å². The van der Waals surface area contributed by atoms with Gasteiger partial charge in [0.1, 0.15) is 5.75 Å². The Labute approximate surface area is 144 Å². The van der Waals surface area contributed by atoms with E-state index in [1.165, 1.54) is 17.5 Å². The van der Waals surface area contributed by atoms with Gasteiger partial charge in [-0.3, -0.25) is 0 Å². The van der Waals surface area contributed by atoms with Crippen molar-refractivity contribution in [2.24, 2.45) is 5.92 Å². The quantitative estimate of drug-likeness (QED) is 0.792. The van der Waals surface area contributed by atoms with Gasteiger partial charge in [0.05, 0.1) is 0 Å². The molecule has 3 atom stereocenters. The van der Waals surface area contributed by atoms with Crippen molar-refractivity contribution in [3.8, 4) is 5.75 Å². The Morgan fingerprint density at radius 1 is 1.21 bits per heavy atom. The van der Waals surface area contributed by atoms with Crippen LogP contribution >= 0.6 is 0 Å². The molecule has 1 aliphatic carbocycles. The number of hydrogen-bond acceptors (Lipinski definition) is 2. The number of urea groups is 1. The Hall–Kier alpha value is -1.71. The van der Waals surface area contributed by atoms with Crippen LogP contribution in [0.15, 0.2) is 18.2 Å². The third-order valence-electron chi connectivity index (χ3n) is 6.86. The average molecular weight is 328 g/mol. The molecular formula is C20H28N2O2. The van der Waals surface area contributed by atoms with Gasteiger partial charge in [-0.25, -0.2) is 4.79 Å². The monoisotopic (exact) mass is 328 g/mol. The molecule has 0 radical (unpaired) electrons. The van der Waals surface area contributed by atoms with E-state index in [4.69, 9.17) is 0 Å². The molecule has 1 aromatic rings. The molecule has 2 bridgehead atoms. The average Bonchev–Trinajstić information content (AvgIpc) is 2.59. The van der Waals surface area contributed by atoms with Crippen LogP contribution in [0.5, 0.6) is 5.75 Å². The molecule has 4 nitrogen and oxygen atoms in total. The molecule has 2 heterocycles. The summed E-state index contributed by atoms with van der Waals surface area (Å²) < 4.78 is 0. The minimum atomic E-state index is 0.0513. The number of phenolic OH excluding ortho intramolecular Hbond substituents is 1. The van der Waals surface area contributed by atoms with E-state index in [-0.39, 0.29) is 17.5 Å². The van der Waals surface area contributed by atoms with E-state index in [1.54, 1.807) is 6.07 Å². The zero-order valence-electron chi connectivity index (χ0n) is 14.8. The Balaban J connectivity index is 1.65. The molecule has 0 saturated carbocycles. The number of amides is 2. The Morgan fingerprint density at radius 2 is 1.96 bits per heavy atom. The molecule has 0 spiro atoms. The van der Waals surface area contributed by atoms with Crippen molar-refractivity contribution < 1.29 is 9.90 Å². The van der Waals surface area contributed by atoms with Crippen LogP contribution < -0.4 is 0 Å². The van der Waals surface area contributed by atoms with Crippen molar-refractivity contribution in [1.29, 1.82) is 0 Å². The largest absolute Gasteiger partial charge is 0.508 e. The van der Waals surface area contributed by atoms with E-state index >= 15 is 0 Å². The number of carbonyl (C=O) groups excluding carboxylic acids is 1. The van der Waals surface area contributed by atoms with Gasteiger partial charge < -0.3 is 14.9 Å². The van der Waals surface area contributed by atoms with Crippen molar-refractivity contribution in [2.75, 3.05) is 19.6 Å². The molecule has 3 aliphatic rings. The van der Waals surface area contributed by atoms with Crippen LogP contribution in [0.1, 0.15) is 50.7 Å². The second-order valence-electron chi connectivity index (χ2n) is 8.09. The molecule has 2 fully saturated rings. The first-order chi connectivity index (χ1) is 11.5. The molecule has 1 aromatic carbocycles. The third-order valence-corrected chi connectivity index (χ3v) is 6.86. The molecule has 3 unspecified atom stereocenters. The summed E-state index contributed by atoms with van der Waals surface area (Å²) in [5, 5.41) is 9.93. The highest BCUT2D eigenvalue weighted by Crippen LogP contribution is 2.49. The zero-order valence-corrected chi connectivity index (χ0v) is 14.8. The summed E-state index contributed by atoms with van der Waals surface area (Å²) in [6.07, 6.45) is 5.41. The number of likely N-dealkylation sites (tertiary alicyclic amines) is 2. The summed E-state index contributed by atoms with van der Waals surface area (Å²) in [6.45, 7) is 7.25. The summed E-state index contributed by atoms with van der Waals surface area (Å²) in [6, 6.07) is 6.30. The maximum atomic E-state index is 13.1. The second kappa shape index (κ2) is 5.68. The van der Waals surface area contributed by atoms with Crippen LogP contribution in [0.2, 0.25) is 0 Å². The second-order valence-corrected chi connectivity index (χ2v) is 8.09. The lowest BCUT2D eigenvalue weighted by Crippen LogP contribution is -2.62. The Morgan fingerprint density at radius 3 is 2.71 bits per heavy atom. The number of hydrogen-bond donors (Lipinski definition) is 1. The highest BCUT2D eigenvalue weighted by Gasteiger charge is 2.50. The topological polar surface area (TPSA) is 43.8 Å². The van der Waals surface area contributed by atoms with E-state index < -0.39 is 0 Å². The maximum Gasteiger partial charge on any atom is 0.320 e. The number of piperidine rings is 2. The first kappa shape index (κ1) is 15.8. The SMILES string of the molecule is CC1C2Cc3ccc(O)cc3C1(C)CCN2C(=O)N1CCCCC1. The lowest BCUT2D eigenvalue weighted by Gasteiger charge is -2.55. The van der Waals surface area contributed by atoms with Gasteiger partial charge in [-0.2, -0.15) is 0 Å². The smallest absolute Gasteiger partial charge is 0.320 e. The predicted molar refractivity (Wildman–Crippen MR) is 94.3 cm³/mol. The minimum Gasteiger partial charge on any atom is -0.508 e. The lowest BCUT2D eigenvalue weighted by molar-refractivity contribution is 0.0384. The summed E-state index contributed by atoms with van der Waals surface area (Å²) in [5.41, 5.74) is 2.64. The van der Waals surface area contributed by atoms with Crippen molar-refractivity contribution in [1.82, 2.24) is 9.80 Å². The van der Waals surface area contributed by atoms with E-state index in [1.807, 2.05) is 6.07 Å². The fourth-order valence-electron chi connectivity index (χ4n) is 5.11. The third kappa shape index (κ3) is 2.30. The number of carbonyl (C=O) groups is 1. The van der Waals surface area contributed by atoms with E-state index in [9.17, 15) is 9.90 Å². The van der Waals surface area contributed by atoms with Gasteiger partial charge in [0.25, 0.3) is 0 Å². The molecule has 0 aromatic heterocycles. The standard InChI is InChI=1S/C20H28N2O2/c1-14-18-12-15-6-7-16(23)13-17(15)20(14,2)8-11-22(18)19(24)21-9-4-3-5-10-21/h6-7,13-14,18,23H,3-5,8-12H2,1-2H3. The highest BCUT2D eigenvalue weighted by molar-refractivity contribution is 5.75. The molecule has 4 rings (SSSR count). The predicted octanol–water partition coefficient (Wildman–Crippen LogP) is 3.52. The van der Waals surface area contributed by atoms with Crippen molar-refractivity contribution in [3.63, 3.8) is 0 Å². The number of rotatable bonds is 0. The Kier molecular flexibility index (Phi) is 3.74. The van der Waals surface area contributed by atoms with Crippen LogP contribution in [0.3, 0.4) is 0 Å². The summed E-state index contributed by atoms with van der Waals surface area (Å²) in [5.74, 6) is 0.765. The van der Waals surface area contributed by atoms with Gasteiger partial charge in [0, 0.05) is 25.7 Å². The first-order valence-corrected chi connectivity index (χ1v) is 9.38. The van der Waals surface area contributed by atoms with Crippen LogP contribution in [-0.4, -0.2) is 46.6 Å². The van der Waals surface area contributed by atoms with Crippen LogP contribution in [-0.2, 0) is 11.8 Å².